The Morgan fingerprint density at radius 3 is 2.29 bits per heavy atom. The minimum absolute atomic E-state index is 0.0636. The van der Waals surface area contributed by atoms with E-state index in [4.69, 9.17) is 10.7 Å². The molecule has 154 valence electrons. The van der Waals surface area contributed by atoms with E-state index in [1.54, 1.807) is 6.07 Å². The molecule has 0 unspecified atom stereocenters. The fourth-order valence-corrected chi connectivity index (χ4v) is 4.21. The molecule has 28 heavy (non-hydrogen) atoms. The summed E-state index contributed by atoms with van der Waals surface area (Å²) in [7, 11) is 4.62. The molecule has 1 fully saturated rings. The lowest BCUT2D eigenvalue weighted by molar-refractivity contribution is -0.144. The van der Waals surface area contributed by atoms with Crippen molar-refractivity contribution in [1.82, 2.24) is 14.8 Å². The Kier molecular flexibility index (Phi) is 5.16. The van der Waals surface area contributed by atoms with E-state index in [1.807, 2.05) is 13.8 Å². The second-order valence-electron chi connectivity index (χ2n) is 7.36. The average molecular weight is 437 g/mol. The fourth-order valence-electron chi connectivity index (χ4n) is 3.05. The molecule has 1 heterocycles. The van der Waals surface area contributed by atoms with Crippen LogP contribution in [-0.4, -0.2) is 37.3 Å². The van der Waals surface area contributed by atoms with Gasteiger partial charge in [0.2, 0.25) is 5.95 Å². The molecule has 1 saturated carbocycles. The summed E-state index contributed by atoms with van der Waals surface area (Å²) in [5, 5.41) is 3.63. The molecule has 0 radical (unpaired) electrons. The first-order valence-electron chi connectivity index (χ1n) is 8.65. The van der Waals surface area contributed by atoms with E-state index in [-0.39, 0.29) is 28.4 Å². The number of halogens is 4. The van der Waals surface area contributed by atoms with Gasteiger partial charge in [-0.3, -0.25) is 0 Å². The second kappa shape index (κ2) is 6.91. The molecule has 11 heteroatoms. The van der Waals surface area contributed by atoms with Crippen LogP contribution in [0.3, 0.4) is 0 Å². The highest BCUT2D eigenvalue weighted by Gasteiger charge is 2.38. The Labute approximate surface area is 165 Å². The van der Waals surface area contributed by atoms with E-state index < -0.39 is 21.1 Å². The molecule has 1 aliphatic rings. The van der Waals surface area contributed by atoms with Crippen molar-refractivity contribution in [3.05, 3.63) is 29.1 Å². The van der Waals surface area contributed by atoms with Crippen molar-refractivity contribution in [2.75, 3.05) is 19.0 Å². The summed E-state index contributed by atoms with van der Waals surface area (Å²) in [4.78, 5) is 4.88. The lowest BCUT2D eigenvalue weighted by Crippen LogP contribution is -2.17. The Morgan fingerprint density at radius 2 is 1.86 bits per heavy atom. The van der Waals surface area contributed by atoms with Gasteiger partial charge in [0.1, 0.15) is 0 Å². The zero-order valence-corrected chi connectivity index (χ0v) is 17.3. The van der Waals surface area contributed by atoms with Crippen LogP contribution in [0.1, 0.15) is 55.5 Å². The molecule has 1 aliphatic carbocycles. The van der Waals surface area contributed by atoms with Gasteiger partial charge in [-0.2, -0.15) is 22.8 Å². The second-order valence-corrected chi connectivity index (χ2v) is 9.89. The quantitative estimate of drug-likeness (QED) is 0.654. The van der Waals surface area contributed by atoms with Crippen molar-refractivity contribution in [2.24, 2.45) is 0 Å². The van der Waals surface area contributed by atoms with E-state index in [2.05, 4.69) is 10.1 Å². The monoisotopic (exact) mass is 436 g/mol. The highest BCUT2D eigenvalue weighted by molar-refractivity contribution is 8.13. The molecular weight excluding hydrogens is 417 g/mol. The number of alkyl halides is 3. The molecule has 0 aliphatic heterocycles. The summed E-state index contributed by atoms with van der Waals surface area (Å²) in [6.07, 6.45) is -3.04. The van der Waals surface area contributed by atoms with Crippen molar-refractivity contribution in [3.8, 4) is 5.69 Å². The third-order valence-electron chi connectivity index (χ3n) is 4.53. The Morgan fingerprint density at radius 1 is 1.25 bits per heavy atom. The highest BCUT2D eigenvalue weighted by atomic mass is 35.7. The summed E-state index contributed by atoms with van der Waals surface area (Å²) in [6.45, 7) is 3.75. The normalized spacial score (nSPS) is 15.3. The van der Waals surface area contributed by atoms with Crippen LogP contribution >= 0.6 is 10.7 Å². The molecule has 1 aromatic heterocycles. The van der Waals surface area contributed by atoms with Gasteiger partial charge in [0.15, 0.2) is 0 Å². The van der Waals surface area contributed by atoms with Crippen molar-refractivity contribution in [1.29, 1.82) is 0 Å². The van der Waals surface area contributed by atoms with Crippen LogP contribution < -0.4 is 4.90 Å². The van der Waals surface area contributed by atoms with Crippen molar-refractivity contribution < 1.29 is 21.6 Å². The van der Waals surface area contributed by atoms with Crippen molar-refractivity contribution in [3.63, 3.8) is 0 Å². The van der Waals surface area contributed by atoms with Crippen LogP contribution in [0.2, 0.25) is 0 Å². The topological polar surface area (TPSA) is 68.1 Å². The third kappa shape index (κ3) is 3.98. The van der Waals surface area contributed by atoms with Gasteiger partial charge in [-0.1, -0.05) is 19.9 Å². The molecule has 0 spiro atoms. The van der Waals surface area contributed by atoms with Gasteiger partial charge in [-0.05, 0) is 41.9 Å². The molecule has 0 amide bonds. The summed E-state index contributed by atoms with van der Waals surface area (Å²) < 4.78 is 64.9. The predicted octanol–water partition coefficient (Wildman–Crippen LogP) is 4.28. The largest absolute Gasteiger partial charge is 0.453 e. The molecule has 3 rings (SSSR count). The number of nitrogens with zero attached hydrogens (tertiary/aromatic N) is 4. The molecule has 0 saturated heterocycles. The van der Waals surface area contributed by atoms with E-state index in [9.17, 15) is 21.6 Å². The molecule has 1 aromatic carbocycles. The van der Waals surface area contributed by atoms with Crippen LogP contribution in [0.4, 0.5) is 19.1 Å². The maximum absolute atomic E-state index is 13.2. The van der Waals surface area contributed by atoms with Gasteiger partial charge in [0, 0.05) is 24.8 Å². The molecular formula is C17H20ClF3N4O2S. The van der Waals surface area contributed by atoms with Crippen LogP contribution in [0.5, 0.6) is 0 Å². The summed E-state index contributed by atoms with van der Waals surface area (Å²) in [5.41, 5.74) is 1.49. The number of aromatic nitrogens is 3. The number of hydrogen-bond donors (Lipinski definition) is 0. The summed E-state index contributed by atoms with van der Waals surface area (Å²) >= 11 is 0. The van der Waals surface area contributed by atoms with Crippen LogP contribution in [0.25, 0.3) is 5.69 Å². The first-order valence-corrected chi connectivity index (χ1v) is 11.0. The fraction of sp³-hybridized carbons (Fsp3) is 0.529. The predicted molar refractivity (Wildman–Crippen MR) is 99.8 cm³/mol. The van der Waals surface area contributed by atoms with Gasteiger partial charge in [0.25, 0.3) is 14.9 Å². The average Bonchev–Trinajstić information content (AvgIpc) is 3.28. The molecule has 0 bridgehead atoms. The van der Waals surface area contributed by atoms with Crippen LogP contribution in [-0.2, 0) is 15.2 Å². The standard InChI is InChI=1S/C17H20ClF3N4O2S/c1-9(2)11-7-12(10-5-6-10)14(28(18,26)27)8-13(11)25-16(24(3)4)22-15(23-25)17(19,20)21/h7-10H,5-6H2,1-4H3. The molecule has 2 aromatic rings. The summed E-state index contributed by atoms with van der Waals surface area (Å²) in [5.74, 6) is -1.36. The van der Waals surface area contributed by atoms with Gasteiger partial charge in [0.05, 0.1) is 10.6 Å². The number of anilines is 1. The van der Waals surface area contributed by atoms with E-state index in [0.717, 1.165) is 17.5 Å². The van der Waals surface area contributed by atoms with E-state index in [1.165, 1.54) is 25.1 Å². The number of hydrogen-bond acceptors (Lipinski definition) is 5. The van der Waals surface area contributed by atoms with Gasteiger partial charge in [-0.15, -0.1) is 5.10 Å². The maximum atomic E-state index is 13.2. The SMILES string of the molecule is CC(C)c1cc(C2CC2)c(S(=O)(=O)Cl)cc1-n1nc(C(F)(F)F)nc1N(C)C. The molecule has 6 nitrogen and oxygen atoms in total. The van der Waals surface area contributed by atoms with Crippen molar-refractivity contribution in [2.45, 2.75) is 49.6 Å². The van der Waals surface area contributed by atoms with Crippen LogP contribution in [0.15, 0.2) is 17.0 Å². The van der Waals surface area contributed by atoms with E-state index >= 15 is 0 Å². The number of benzene rings is 1. The highest BCUT2D eigenvalue weighted by Crippen LogP contribution is 2.46. The molecule has 0 atom stereocenters. The maximum Gasteiger partial charge on any atom is 0.453 e. The Balaban J connectivity index is 2.34. The van der Waals surface area contributed by atoms with Crippen molar-refractivity contribution >= 4 is 25.7 Å². The van der Waals surface area contributed by atoms with E-state index in [0.29, 0.717) is 11.1 Å². The van der Waals surface area contributed by atoms with Gasteiger partial charge in [-0.25, -0.2) is 8.42 Å². The third-order valence-corrected chi connectivity index (χ3v) is 5.91. The Hall–Kier alpha value is -1.81. The zero-order chi connectivity index (χ0) is 21.0. The molecule has 0 N–H and O–H groups in total. The zero-order valence-electron chi connectivity index (χ0n) is 15.7. The lowest BCUT2D eigenvalue weighted by Gasteiger charge is -2.20. The lowest BCUT2D eigenvalue weighted by atomic mass is 9.96. The minimum Gasteiger partial charge on any atom is -0.347 e. The summed E-state index contributed by atoms with van der Waals surface area (Å²) in [6, 6.07) is 3.04. The Bertz CT molecular complexity index is 1010. The minimum atomic E-state index is -4.73. The first-order chi connectivity index (χ1) is 12.8. The first kappa shape index (κ1) is 20.9. The van der Waals surface area contributed by atoms with Gasteiger partial charge >= 0.3 is 6.18 Å². The smallest absolute Gasteiger partial charge is 0.347 e. The van der Waals surface area contributed by atoms with Gasteiger partial charge < -0.3 is 4.90 Å². The number of rotatable bonds is 5. The van der Waals surface area contributed by atoms with Crippen LogP contribution in [0, 0.1) is 0 Å².